The molecule has 0 aromatic heterocycles. The van der Waals surface area contributed by atoms with Crippen LogP contribution in [0.2, 0.25) is 10.0 Å². The number of rotatable bonds is 6. The van der Waals surface area contributed by atoms with Crippen LogP contribution in [0.5, 0.6) is 0 Å². The van der Waals surface area contributed by atoms with E-state index in [4.69, 9.17) is 27.9 Å². The molecule has 29 heavy (non-hydrogen) atoms. The van der Waals surface area contributed by atoms with Crippen molar-refractivity contribution < 1.29 is 19.4 Å². The molecule has 0 saturated carbocycles. The molecule has 1 heterocycles. The number of amides is 1. The van der Waals surface area contributed by atoms with E-state index in [-0.39, 0.29) is 18.4 Å². The number of carbonyl (C=O) groups excluding carboxylic acids is 1. The molecule has 3 rings (SSSR count). The summed E-state index contributed by atoms with van der Waals surface area (Å²) >= 11 is 12.1. The Kier molecular flexibility index (Phi) is 6.83. The van der Waals surface area contributed by atoms with Crippen molar-refractivity contribution in [3.63, 3.8) is 0 Å². The lowest BCUT2D eigenvalue weighted by Crippen LogP contribution is -2.53. The third-order valence-electron chi connectivity index (χ3n) is 4.99. The molecule has 7 heteroatoms. The zero-order valence-corrected chi connectivity index (χ0v) is 17.7. The summed E-state index contributed by atoms with van der Waals surface area (Å²) in [6.07, 6.45) is -0.182. The largest absolute Gasteiger partial charge is 0.480 e. The van der Waals surface area contributed by atoms with Gasteiger partial charge in [-0.05, 0) is 47.7 Å². The van der Waals surface area contributed by atoms with Crippen LogP contribution in [0.3, 0.4) is 0 Å². The van der Waals surface area contributed by atoms with Gasteiger partial charge in [-0.2, -0.15) is 0 Å². The van der Waals surface area contributed by atoms with Gasteiger partial charge in [-0.25, -0.2) is 4.79 Å². The lowest BCUT2D eigenvalue weighted by molar-refractivity contribution is -0.172. The topological polar surface area (TPSA) is 66.8 Å². The van der Waals surface area contributed by atoms with E-state index < -0.39 is 24.2 Å². The van der Waals surface area contributed by atoms with E-state index in [1.807, 2.05) is 26.0 Å². The van der Waals surface area contributed by atoms with Gasteiger partial charge in [-0.3, -0.25) is 4.79 Å². The molecular formula is C22H23Cl2NO4. The van der Waals surface area contributed by atoms with Crippen molar-refractivity contribution in [2.45, 2.75) is 38.5 Å². The van der Waals surface area contributed by atoms with Gasteiger partial charge < -0.3 is 14.7 Å². The first-order valence-corrected chi connectivity index (χ1v) is 10.2. The molecule has 154 valence electrons. The van der Waals surface area contributed by atoms with Crippen LogP contribution < -0.4 is 0 Å². The molecule has 1 fully saturated rings. The van der Waals surface area contributed by atoms with Gasteiger partial charge in [0.25, 0.3) is 0 Å². The molecule has 0 radical (unpaired) electrons. The van der Waals surface area contributed by atoms with Crippen LogP contribution in [-0.4, -0.2) is 34.5 Å². The Morgan fingerprint density at radius 3 is 2.07 bits per heavy atom. The van der Waals surface area contributed by atoms with Crippen LogP contribution in [0.15, 0.2) is 48.5 Å². The number of carboxylic acid groups (broad SMARTS) is 1. The molecule has 1 saturated heterocycles. The summed E-state index contributed by atoms with van der Waals surface area (Å²) in [5, 5.41) is 11.1. The predicted octanol–water partition coefficient (Wildman–Crippen LogP) is 5.13. The maximum Gasteiger partial charge on any atom is 0.326 e. The van der Waals surface area contributed by atoms with Gasteiger partial charge in [0.15, 0.2) is 0 Å². The van der Waals surface area contributed by atoms with Crippen LogP contribution in [0.25, 0.3) is 0 Å². The highest BCUT2D eigenvalue weighted by molar-refractivity contribution is 6.30. The highest BCUT2D eigenvalue weighted by Crippen LogP contribution is 2.42. The fourth-order valence-electron chi connectivity index (χ4n) is 3.70. The average Bonchev–Trinajstić information content (AvgIpc) is 2.67. The molecule has 0 spiro atoms. The fourth-order valence-corrected chi connectivity index (χ4v) is 3.95. The van der Waals surface area contributed by atoms with Gasteiger partial charge in [0.2, 0.25) is 5.91 Å². The van der Waals surface area contributed by atoms with E-state index in [9.17, 15) is 14.7 Å². The third kappa shape index (κ3) is 4.92. The molecule has 1 amide bonds. The number of carbonyl (C=O) groups is 2. The highest BCUT2D eigenvalue weighted by Gasteiger charge is 2.44. The van der Waals surface area contributed by atoms with Crippen molar-refractivity contribution in [1.29, 1.82) is 0 Å². The summed E-state index contributed by atoms with van der Waals surface area (Å²) in [6, 6.07) is 12.7. The third-order valence-corrected chi connectivity index (χ3v) is 5.49. The Morgan fingerprint density at radius 1 is 1.07 bits per heavy atom. The van der Waals surface area contributed by atoms with E-state index in [2.05, 4.69) is 0 Å². The van der Waals surface area contributed by atoms with Crippen molar-refractivity contribution >= 4 is 35.1 Å². The smallest absolute Gasteiger partial charge is 0.326 e. The SMILES string of the molecule is CC(C)C[C@H](C(=O)O)N1C(=O)CO[C@@H](c2ccc(Cl)cc2)[C@H]1c1ccc(Cl)cc1. The van der Waals surface area contributed by atoms with Gasteiger partial charge in [-0.15, -0.1) is 0 Å². The Morgan fingerprint density at radius 2 is 1.59 bits per heavy atom. The molecule has 2 aromatic carbocycles. The Bertz CT molecular complexity index is 867. The zero-order chi connectivity index (χ0) is 21.1. The predicted molar refractivity (Wildman–Crippen MR) is 112 cm³/mol. The molecule has 5 nitrogen and oxygen atoms in total. The van der Waals surface area contributed by atoms with Gasteiger partial charge in [0, 0.05) is 10.0 Å². The second-order valence-electron chi connectivity index (χ2n) is 7.56. The van der Waals surface area contributed by atoms with Crippen LogP contribution in [0.1, 0.15) is 43.5 Å². The maximum absolute atomic E-state index is 12.9. The normalized spacial score (nSPS) is 20.7. The summed E-state index contributed by atoms with van der Waals surface area (Å²) in [6.45, 7) is 3.70. The van der Waals surface area contributed by atoms with Crippen molar-refractivity contribution in [1.82, 2.24) is 4.90 Å². The lowest BCUT2D eigenvalue weighted by Gasteiger charge is -2.44. The molecule has 2 aromatic rings. The van der Waals surface area contributed by atoms with Gasteiger partial charge >= 0.3 is 5.97 Å². The number of carboxylic acids is 1. The number of ether oxygens (including phenoxy) is 1. The first-order chi connectivity index (χ1) is 13.8. The fraction of sp³-hybridized carbons (Fsp3) is 0.364. The number of morpholine rings is 1. The summed E-state index contributed by atoms with van der Waals surface area (Å²) in [4.78, 5) is 26.5. The van der Waals surface area contributed by atoms with Crippen molar-refractivity contribution in [2.24, 2.45) is 5.92 Å². The minimum atomic E-state index is -1.03. The minimum absolute atomic E-state index is 0.103. The van der Waals surface area contributed by atoms with Crippen molar-refractivity contribution in [3.05, 3.63) is 69.7 Å². The molecule has 3 atom stereocenters. The van der Waals surface area contributed by atoms with E-state index in [1.54, 1.807) is 36.4 Å². The minimum Gasteiger partial charge on any atom is -0.480 e. The standard InChI is InChI=1S/C22H23Cl2NO4/c1-13(2)11-18(22(27)28)25-19(26)12-29-21(15-5-9-17(24)10-6-15)20(25)14-3-7-16(23)8-4-14/h3-10,13,18,20-21H,11-12H2,1-2H3,(H,27,28)/t18-,20-,21+/m1/s1. The first-order valence-electron chi connectivity index (χ1n) is 9.44. The molecule has 1 aliphatic rings. The second-order valence-corrected chi connectivity index (χ2v) is 8.44. The lowest BCUT2D eigenvalue weighted by atomic mass is 9.90. The summed E-state index contributed by atoms with van der Waals surface area (Å²) in [5.74, 6) is -1.27. The van der Waals surface area contributed by atoms with Crippen LogP contribution in [0.4, 0.5) is 0 Å². The molecule has 0 unspecified atom stereocenters. The zero-order valence-electron chi connectivity index (χ0n) is 16.2. The quantitative estimate of drug-likeness (QED) is 0.682. The average molecular weight is 436 g/mol. The van der Waals surface area contributed by atoms with Crippen LogP contribution in [-0.2, 0) is 14.3 Å². The van der Waals surface area contributed by atoms with Crippen molar-refractivity contribution in [3.8, 4) is 0 Å². The number of halogens is 2. The first kappa shape index (κ1) is 21.6. The highest BCUT2D eigenvalue weighted by atomic mass is 35.5. The molecular weight excluding hydrogens is 413 g/mol. The molecule has 1 aliphatic heterocycles. The number of aliphatic carboxylic acids is 1. The summed E-state index contributed by atoms with van der Waals surface area (Å²) in [7, 11) is 0. The van der Waals surface area contributed by atoms with E-state index in [1.165, 1.54) is 4.90 Å². The van der Waals surface area contributed by atoms with Crippen LogP contribution >= 0.6 is 23.2 Å². The monoisotopic (exact) mass is 435 g/mol. The Balaban J connectivity index is 2.11. The number of benzene rings is 2. The maximum atomic E-state index is 12.9. The summed E-state index contributed by atoms with van der Waals surface area (Å²) < 4.78 is 5.92. The number of hydrogen-bond acceptors (Lipinski definition) is 3. The number of nitrogens with zero attached hydrogens (tertiary/aromatic N) is 1. The second kappa shape index (κ2) is 9.16. The Hall–Kier alpha value is -2.08. The molecule has 0 bridgehead atoms. The van der Waals surface area contributed by atoms with E-state index >= 15 is 0 Å². The van der Waals surface area contributed by atoms with Gasteiger partial charge in [0.05, 0.1) is 6.04 Å². The van der Waals surface area contributed by atoms with Crippen LogP contribution in [0, 0.1) is 5.92 Å². The summed E-state index contributed by atoms with van der Waals surface area (Å²) in [5.41, 5.74) is 1.58. The van der Waals surface area contributed by atoms with E-state index in [0.29, 0.717) is 16.5 Å². The number of hydrogen-bond donors (Lipinski definition) is 1. The molecule has 1 N–H and O–H groups in total. The van der Waals surface area contributed by atoms with Gasteiger partial charge in [-0.1, -0.05) is 61.3 Å². The van der Waals surface area contributed by atoms with Crippen molar-refractivity contribution in [2.75, 3.05) is 6.61 Å². The van der Waals surface area contributed by atoms with Gasteiger partial charge in [0.1, 0.15) is 18.8 Å². The Labute approximate surface area is 180 Å². The van der Waals surface area contributed by atoms with E-state index in [0.717, 1.165) is 11.1 Å². The molecule has 0 aliphatic carbocycles.